The van der Waals surface area contributed by atoms with Crippen molar-refractivity contribution in [2.24, 2.45) is 0 Å². The highest BCUT2D eigenvalue weighted by Gasteiger charge is 2.45. The highest BCUT2D eigenvalue weighted by atomic mass is 16.2. The van der Waals surface area contributed by atoms with E-state index in [0.29, 0.717) is 6.54 Å². The maximum Gasteiger partial charge on any atom is 0.250 e. The Morgan fingerprint density at radius 1 is 1.13 bits per heavy atom. The van der Waals surface area contributed by atoms with Crippen LogP contribution in [0.5, 0.6) is 0 Å². The average molecular weight is 399 g/mol. The first-order chi connectivity index (χ1) is 14.6. The van der Waals surface area contributed by atoms with Gasteiger partial charge in [0.25, 0.3) is 5.91 Å². The molecule has 152 valence electrons. The van der Waals surface area contributed by atoms with Gasteiger partial charge >= 0.3 is 0 Å². The summed E-state index contributed by atoms with van der Waals surface area (Å²) < 4.78 is 0. The van der Waals surface area contributed by atoms with Crippen molar-refractivity contribution in [3.63, 3.8) is 0 Å². The fraction of sp³-hybridized carbons (Fsp3) is 0.280. The molecule has 2 amide bonds. The van der Waals surface area contributed by atoms with Crippen LogP contribution in [0.15, 0.2) is 60.2 Å². The second-order valence-electron chi connectivity index (χ2n) is 8.06. The van der Waals surface area contributed by atoms with Crippen molar-refractivity contribution in [2.45, 2.75) is 38.6 Å². The Labute approximate surface area is 175 Å². The maximum atomic E-state index is 13.6. The molecule has 5 heteroatoms. The lowest BCUT2D eigenvalue weighted by molar-refractivity contribution is -0.134. The molecule has 5 nitrogen and oxygen atoms in total. The molecule has 2 aliphatic heterocycles. The molecule has 30 heavy (non-hydrogen) atoms. The summed E-state index contributed by atoms with van der Waals surface area (Å²) in [7, 11) is 0. The Balaban J connectivity index is 1.77. The smallest absolute Gasteiger partial charge is 0.250 e. The number of carbonyl (C=O) groups excluding carboxylic acids is 2. The third-order valence-electron chi connectivity index (χ3n) is 6.35. The van der Waals surface area contributed by atoms with E-state index in [4.69, 9.17) is 0 Å². The second kappa shape index (κ2) is 7.17. The molecule has 5 rings (SSSR count). The van der Waals surface area contributed by atoms with Crippen LogP contribution in [0, 0.1) is 0 Å². The molecule has 2 atom stereocenters. The fourth-order valence-electron chi connectivity index (χ4n) is 5.15. The summed E-state index contributed by atoms with van der Waals surface area (Å²) in [4.78, 5) is 31.1. The van der Waals surface area contributed by atoms with Gasteiger partial charge in [-0.1, -0.05) is 55.5 Å². The first-order valence-corrected chi connectivity index (χ1v) is 10.6. The third-order valence-corrected chi connectivity index (χ3v) is 6.35. The van der Waals surface area contributed by atoms with Gasteiger partial charge in [0, 0.05) is 30.3 Å². The van der Waals surface area contributed by atoms with Crippen LogP contribution in [0.25, 0.3) is 16.6 Å². The SMILES string of the molecule is CCC1=C2c3[nH]c4ccccc4c3CCN2C(=O)[C@H](NC(C)=O)[C@H]1c1ccccc1. The molecule has 0 saturated heterocycles. The number of hydrogen-bond acceptors (Lipinski definition) is 2. The molecular weight excluding hydrogens is 374 g/mol. The molecule has 0 unspecified atom stereocenters. The minimum Gasteiger partial charge on any atom is -0.353 e. The molecule has 0 aliphatic carbocycles. The predicted molar refractivity (Wildman–Crippen MR) is 118 cm³/mol. The zero-order valence-corrected chi connectivity index (χ0v) is 17.2. The van der Waals surface area contributed by atoms with Crippen LogP contribution in [0.3, 0.4) is 0 Å². The first kappa shape index (κ1) is 18.7. The Bertz CT molecular complexity index is 1180. The summed E-state index contributed by atoms with van der Waals surface area (Å²) in [5.74, 6) is -0.400. The number of benzene rings is 2. The van der Waals surface area contributed by atoms with Gasteiger partial charge in [0.2, 0.25) is 5.91 Å². The van der Waals surface area contributed by atoms with Gasteiger partial charge in [-0.15, -0.1) is 0 Å². The summed E-state index contributed by atoms with van der Waals surface area (Å²) in [6, 6.07) is 17.8. The minimum absolute atomic E-state index is 0.0319. The number of aromatic amines is 1. The van der Waals surface area contributed by atoms with Crippen LogP contribution in [0.2, 0.25) is 0 Å². The second-order valence-corrected chi connectivity index (χ2v) is 8.06. The Morgan fingerprint density at radius 2 is 1.87 bits per heavy atom. The first-order valence-electron chi connectivity index (χ1n) is 10.6. The van der Waals surface area contributed by atoms with E-state index in [2.05, 4.69) is 35.4 Å². The summed E-state index contributed by atoms with van der Waals surface area (Å²) in [6.45, 7) is 4.24. The summed E-state index contributed by atoms with van der Waals surface area (Å²) in [5, 5.41) is 4.18. The number of nitrogens with one attached hydrogen (secondary N) is 2. The van der Waals surface area contributed by atoms with Crippen molar-refractivity contribution in [1.82, 2.24) is 15.2 Å². The molecule has 3 heterocycles. The highest BCUT2D eigenvalue weighted by molar-refractivity contribution is 6.01. The number of amides is 2. The van der Waals surface area contributed by atoms with E-state index in [9.17, 15) is 9.59 Å². The Kier molecular flexibility index (Phi) is 4.46. The van der Waals surface area contributed by atoms with E-state index in [1.54, 1.807) is 0 Å². The number of rotatable bonds is 3. The Hall–Kier alpha value is -3.34. The molecule has 0 fully saturated rings. The molecule has 2 aromatic carbocycles. The Morgan fingerprint density at radius 3 is 2.60 bits per heavy atom. The van der Waals surface area contributed by atoms with E-state index in [1.807, 2.05) is 41.3 Å². The van der Waals surface area contributed by atoms with Gasteiger partial charge in [0.05, 0.1) is 11.4 Å². The number of fused-ring (bicyclic) bond motifs is 5. The normalized spacial score (nSPS) is 20.9. The van der Waals surface area contributed by atoms with Crippen molar-refractivity contribution in [3.05, 3.63) is 77.0 Å². The average Bonchev–Trinajstić information content (AvgIpc) is 3.14. The van der Waals surface area contributed by atoms with E-state index in [0.717, 1.165) is 35.3 Å². The number of nitrogens with zero attached hydrogens (tertiary/aromatic N) is 1. The van der Waals surface area contributed by atoms with Crippen molar-refractivity contribution >= 4 is 28.4 Å². The lowest BCUT2D eigenvalue weighted by Crippen LogP contribution is -2.55. The minimum atomic E-state index is -0.588. The van der Waals surface area contributed by atoms with Crippen LogP contribution in [0.4, 0.5) is 0 Å². The van der Waals surface area contributed by atoms with Crippen LogP contribution in [-0.2, 0) is 16.0 Å². The maximum absolute atomic E-state index is 13.6. The van der Waals surface area contributed by atoms with Gasteiger partial charge < -0.3 is 15.2 Å². The lowest BCUT2D eigenvalue weighted by Gasteiger charge is -2.43. The fourth-order valence-corrected chi connectivity index (χ4v) is 5.15. The highest BCUT2D eigenvalue weighted by Crippen LogP contribution is 2.45. The molecule has 2 N–H and O–H groups in total. The van der Waals surface area contributed by atoms with E-state index in [-0.39, 0.29) is 17.7 Å². The van der Waals surface area contributed by atoms with Crippen molar-refractivity contribution in [3.8, 4) is 0 Å². The lowest BCUT2D eigenvalue weighted by atomic mass is 9.77. The van der Waals surface area contributed by atoms with Gasteiger partial charge in [-0.05, 0) is 35.6 Å². The topological polar surface area (TPSA) is 65.2 Å². The quantitative estimate of drug-likeness (QED) is 0.700. The van der Waals surface area contributed by atoms with E-state index < -0.39 is 6.04 Å². The van der Waals surface area contributed by atoms with Gasteiger partial charge in [0.15, 0.2) is 0 Å². The predicted octanol–water partition coefficient (Wildman–Crippen LogP) is 3.98. The van der Waals surface area contributed by atoms with E-state index in [1.165, 1.54) is 23.4 Å². The van der Waals surface area contributed by atoms with Gasteiger partial charge in [-0.3, -0.25) is 9.59 Å². The zero-order chi connectivity index (χ0) is 20.8. The van der Waals surface area contributed by atoms with Gasteiger partial charge in [-0.25, -0.2) is 0 Å². The van der Waals surface area contributed by atoms with Crippen LogP contribution >= 0.6 is 0 Å². The van der Waals surface area contributed by atoms with Crippen molar-refractivity contribution in [2.75, 3.05) is 6.54 Å². The largest absolute Gasteiger partial charge is 0.353 e. The monoisotopic (exact) mass is 399 g/mol. The molecule has 0 bridgehead atoms. The van der Waals surface area contributed by atoms with Gasteiger partial charge in [-0.2, -0.15) is 0 Å². The van der Waals surface area contributed by atoms with Gasteiger partial charge in [0.1, 0.15) is 6.04 Å². The van der Waals surface area contributed by atoms with E-state index >= 15 is 0 Å². The number of H-pyrrole nitrogens is 1. The molecule has 3 aromatic rings. The molecule has 0 saturated carbocycles. The van der Waals surface area contributed by atoms with Crippen LogP contribution in [0.1, 0.15) is 43.0 Å². The number of para-hydroxylation sites is 1. The van der Waals surface area contributed by atoms with Crippen LogP contribution < -0.4 is 5.32 Å². The summed E-state index contributed by atoms with van der Waals surface area (Å²) in [5.41, 5.74) is 6.66. The zero-order valence-electron chi connectivity index (χ0n) is 17.2. The third kappa shape index (κ3) is 2.76. The number of carbonyl (C=O) groups is 2. The van der Waals surface area contributed by atoms with Crippen LogP contribution in [-0.4, -0.2) is 34.3 Å². The standard InChI is InChI=1S/C25H25N3O2/c1-3-17-21(16-9-5-4-6-10-16)23(26-15(2)29)25(30)28-14-13-19-18-11-7-8-12-20(18)27-22(19)24(17)28/h4-12,21,23,27H,3,13-14H2,1-2H3,(H,26,29)/t21-,23+/m0/s1. The van der Waals surface area contributed by atoms with Crippen molar-refractivity contribution in [1.29, 1.82) is 0 Å². The molecule has 1 aromatic heterocycles. The number of aromatic nitrogens is 1. The summed E-state index contributed by atoms with van der Waals surface area (Å²) >= 11 is 0. The number of hydrogen-bond donors (Lipinski definition) is 2. The summed E-state index contributed by atoms with van der Waals surface area (Å²) in [6.07, 6.45) is 1.60. The molecule has 0 spiro atoms. The van der Waals surface area contributed by atoms with Crippen molar-refractivity contribution < 1.29 is 9.59 Å². The molecule has 0 radical (unpaired) electrons. The molecule has 2 aliphatic rings. The molecular formula is C25H25N3O2.